The minimum atomic E-state index is 0.931. The molecule has 0 heterocycles. The molecule has 0 aliphatic rings. The largest absolute Gasteiger partial charge is 0.496 e. The number of benzene rings is 2. The topological polar surface area (TPSA) is 9.23 Å². The number of rotatable bonds is 2. The maximum absolute atomic E-state index is 5.37. The molecule has 0 aliphatic carbocycles. The Labute approximate surface area is 129 Å². The molecule has 0 amide bonds. The summed E-state index contributed by atoms with van der Waals surface area (Å²) in [4.78, 5) is 0. The van der Waals surface area contributed by atoms with E-state index in [-0.39, 0.29) is 0 Å². The van der Waals surface area contributed by atoms with Crippen molar-refractivity contribution in [1.29, 1.82) is 0 Å². The lowest BCUT2D eigenvalue weighted by atomic mass is 10.0. The fourth-order valence-electron chi connectivity index (χ4n) is 1.73. The summed E-state index contributed by atoms with van der Waals surface area (Å²) in [7, 11) is 1.71. The van der Waals surface area contributed by atoms with Gasteiger partial charge in [0.05, 0.1) is 10.7 Å². The Morgan fingerprint density at radius 2 is 1.47 bits per heavy atom. The second kappa shape index (κ2) is 5.56. The van der Waals surface area contributed by atoms with E-state index in [0.717, 1.165) is 9.32 Å². The summed E-state index contributed by atoms with van der Waals surface area (Å²) < 4.78 is 7.83. The highest BCUT2D eigenvalue weighted by Gasteiger charge is 2.11. The first-order valence-electron chi connectivity index (χ1n) is 5.23. The van der Waals surface area contributed by atoms with Crippen LogP contribution >= 0.6 is 45.2 Å². The van der Waals surface area contributed by atoms with Crippen molar-refractivity contribution >= 4 is 45.2 Å². The average molecular weight is 450 g/mol. The monoisotopic (exact) mass is 450 g/mol. The maximum atomic E-state index is 5.37. The Hall–Kier alpha value is -0.300. The second-order valence-corrected chi connectivity index (χ2v) is 5.92. The first kappa shape index (κ1) is 13.1. The molecule has 88 valence electrons. The van der Waals surface area contributed by atoms with Crippen LogP contribution in [0.3, 0.4) is 0 Å². The Morgan fingerprint density at radius 3 is 2.12 bits per heavy atom. The van der Waals surface area contributed by atoms with Gasteiger partial charge >= 0.3 is 0 Å². The van der Waals surface area contributed by atoms with Gasteiger partial charge in [0, 0.05) is 3.57 Å². The van der Waals surface area contributed by atoms with Crippen LogP contribution in [0, 0.1) is 14.1 Å². The molecule has 1 nitrogen and oxygen atoms in total. The van der Waals surface area contributed by atoms with Crippen LogP contribution in [0.15, 0.2) is 36.4 Å². The lowest BCUT2D eigenvalue weighted by molar-refractivity contribution is 0.412. The van der Waals surface area contributed by atoms with Gasteiger partial charge in [0.25, 0.3) is 0 Å². The van der Waals surface area contributed by atoms with E-state index in [4.69, 9.17) is 4.74 Å². The number of methoxy groups -OCH3 is 1. The molecule has 0 atom stereocenters. The van der Waals surface area contributed by atoms with Crippen LogP contribution in [0.2, 0.25) is 0 Å². The normalized spacial score (nSPS) is 10.4. The van der Waals surface area contributed by atoms with Gasteiger partial charge in [-0.1, -0.05) is 30.3 Å². The molecule has 3 heteroatoms. The van der Waals surface area contributed by atoms with Gasteiger partial charge in [-0.05, 0) is 74.9 Å². The average Bonchev–Trinajstić information content (AvgIpc) is 2.33. The number of aryl methyl sites for hydroxylation is 1. The molecule has 0 unspecified atom stereocenters. The van der Waals surface area contributed by atoms with Crippen molar-refractivity contribution in [2.24, 2.45) is 0 Å². The molecule has 0 saturated carbocycles. The van der Waals surface area contributed by atoms with Crippen molar-refractivity contribution in [3.8, 4) is 16.9 Å². The molecule has 2 aromatic rings. The lowest BCUT2D eigenvalue weighted by Gasteiger charge is -2.12. The highest BCUT2D eigenvalue weighted by atomic mass is 127. The SMILES string of the molecule is COc1cccc(-c2cccc(C)c2I)c1I. The molecule has 0 fully saturated rings. The third-order valence-electron chi connectivity index (χ3n) is 2.67. The zero-order valence-electron chi connectivity index (χ0n) is 9.63. The highest BCUT2D eigenvalue weighted by molar-refractivity contribution is 14.1. The smallest absolute Gasteiger partial charge is 0.132 e. The molecule has 0 aliphatic heterocycles. The Bertz CT molecular complexity index is 550. The van der Waals surface area contributed by atoms with E-state index in [0.29, 0.717) is 0 Å². The molecule has 0 N–H and O–H groups in total. The molecule has 0 spiro atoms. The number of halogens is 2. The zero-order valence-corrected chi connectivity index (χ0v) is 13.9. The number of hydrogen-bond acceptors (Lipinski definition) is 1. The zero-order chi connectivity index (χ0) is 12.4. The quantitative estimate of drug-likeness (QED) is 0.594. The molecule has 0 saturated heterocycles. The van der Waals surface area contributed by atoms with Gasteiger partial charge in [0.15, 0.2) is 0 Å². The fraction of sp³-hybridized carbons (Fsp3) is 0.143. The van der Waals surface area contributed by atoms with E-state index >= 15 is 0 Å². The maximum Gasteiger partial charge on any atom is 0.132 e. The third kappa shape index (κ3) is 2.59. The van der Waals surface area contributed by atoms with Crippen molar-refractivity contribution < 1.29 is 4.74 Å². The van der Waals surface area contributed by atoms with Crippen molar-refractivity contribution in [2.75, 3.05) is 7.11 Å². The third-order valence-corrected chi connectivity index (χ3v) is 5.21. The summed E-state index contributed by atoms with van der Waals surface area (Å²) in [5.74, 6) is 0.931. The molecular weight excluding hydrogens is 438 g/mol. The lowest BCUT2D eigenvalue weighted by Crippen LogP contribution is -1.92. The first-order valence-corrected chi connectivity index (χ1v) is 7.39. The molecular formula is C14H12I2O. The van der Waals surface area contributed by atoms with Crippen LogP contribution in [-0.4, -0.2) is 7.11 Å². The molecule has 0 aromatic heterocycles. The van der Waals surface area contributed by atoms with Crippen LogP contribution < -0.4 is 4.74 Å². The second-order valence-electron chi connectivity index (χ2n) is 3.76. The van der Waals surface area contributed by atoms with Crippen LogP contribution in [0.25, 0.3) is 11.1 Å². The predicted molar refractivity (Wildman–Crippen MR) is 88.6 cm³/mol. The Kier molecular flexibility index (Phi) is 4.30. The minimum absolute atomic E-state index is 0.931. The van der Waals surface area contributed by atoms with Gasteiger partial charge < -0.3 is 4.74 Å². The van der Waals surface area contributed by atoms with Gasteiger partial charge in [-0.15, -0.1) is 0 Å². The van der Waals surface area contributed by atoms with Crippen LogP contribution in [0.4, 0.5) is 0 Å². The van der Waals surface area contributed by atoms with Gasteiger partial charge in [-0.3, -0.25) is 0 Å². The van der Waals surface area contributed by atoms with E-state index in [1.165, 1.54) is 20.3 Å². The van der Waals surface area contributed by atoms with Crippen LogP contribution in [-0.2, 0) is 0 Å². The standard InChI is InChI=1S/C14H12I2O/c1-9-5-3-6-10(13(9)15)11-7-4-8-12(17-2)14(11)16/h3-8H,1-2H3. The van der Waals surface area contributed by atoms with E-state index in [2.05, 4.69) is 76.4 Å². The van der Waals surface area contributed by atoms with Crippen LogP contribution in [0.1, 0.15) is 5.56 Å². The minimum Gasteiger partial charge on any atom is -0.496 e. The van der Waals surface area contributed by atoms with E-state index in [1.807, 2.05) is 12.1 Å². The van der Waals surface area contributed by atoms with E-state index in [1.54, 1.807) is 7.11 Å². The summed E-state index contributed by atoms with van der Waals surface area (Å²) in [5.41, 5.74) is 3.81. The van der Waals surface area contributed by atoms with Crippen molar-refractivity contribution in [3.05, 3.63) is 49.1 Å². The highest BCUT2D eigenvalue weighted by Crippen LogP contribution is 2.35. The number of hydrogen-bond donors (Lipinski definition) is 0. The number of ether oxygens (including phenoxy) is 1. The summed E-state index contributed by atoms with van der Waals surface area (Å²) in [6.45, 7) is 2.14. The van der Waals surface area contributed by atoms with Crippen molar-refractivity contribution in [2.45, 2.75) is 6.92 Å². The molecule has 2 rings (SSSR count). The van der Waals surface area contributed by atoms with Crippen LogP contribution in [0.5, 0.6) is 5.75 Å². The summed E-state index contributed by atoms with van der Waals surface area (Å²) in [5, 5.41) is 0. The van der Waals surface area contributed by atoms with E-state index < -0.39 is 0 Å². The van der Waals surface area contributed by atoms with Gasteiger partial charge in [0.2, 0.25) is 0 Å². The van der Waals surface area contributed by atoms with Crippen molar-refractivity contribution in [1.82, 2.24) is 0 Å². The Balaban J connectivity index is 2.65. The van der Waals surface area contributed by atoms with Gasteiger partial charge in [0.1, 0.15) is 5.75 Å². The fourth-order valence-corrected chi connectivity index (χ4v) is 3.25. The molecule has 17 heavy (non-hydrogen) atoms. The van der Waals surface area contributed by atoms with Gasteiger partial charge in [-0.25, -0.2) is 0 Å². The predicted octanol–water partition coefficient (Wildman–Crippen LogP) is 4.88. The first-order chi connectivity index (χ1) is 8.15. The summed E-state index contributed by atoms with van der Waals surface area (Å²) in [6, 6.07) is 12.6. The molecule has 0 bridgehead atoms. The van der Waals surface area contributed by atoms with Crippen molar-refractivity contribution in [3.63, 3.8) is 0 Å². The molecule has 0 radical (unpaired) electrons. The molecule has 2 aromatic carbocycles. The summed E-state index contributed by atoms with van der Waals surface area (Å²) in [6.07, 6.45) is 0. The van der Waals surface area contributed by atoms with Gasteiger partial charge in [-0.2, -0.15) is 0 Å². The summed E-state index contributed by atoms with van der Waals surface area (Å²) >= 11 is 4.75. The Morgan fingerprint density at radius 1 is 0.882 bits per heavy atom. The van der Waals surface area contributed by atoms with E-state index in [9.17, 15) is 0 Å².